The summed E-state index contributed by atoms with van der Waals surface area (Å²) < 4.78 is 5.92. The number of rotatable bonds is 2. The summed E-state index contributed by atoms with van der Waals surface area (Å²) in [6.07, 6.45) is 7.13. The minimum Gasteiger partial charge on any atom is -0.379 e. The van der Waals surface area contributed by atoms with Crippen molar-refractivity contribution in [1.82, 2.24) is 19.7 Å². The van der Waals surface area contributed by atoms with Gasteiger partial charge in [0.2, 0.25) is 0 Å². The molecular weight excluding hydrogens is 316 g/mol. The number of likely N-dealkylation sites (tertiary alicyclic amines) is 2. The summed E-state index contributed by atoms with van der Waals surface area (Å²) >= 11 is 0. The van der Waals surface area contributed by atoms with Crippen molar-refractivity contribution in [2.75, 3.05) is 52.5 Å². The van der Waals surface area contributed by atoms with E-state index in [4.69, 9.17) is 4.74 Å². The van der Waals surface area contributed by atoms with Crippen LogP contribution < -0.4 is 0 Å². The quantitative estimate of drug-likeness (QED) is 0.821. The van der Waals surface area contributed by atoms with Gasteiger partial charge in [0.05, 0.1) is 13.2 Å². The van der Waals surface area contributed by atoms with Gasteiger partial charge in [-0.25, -0.2) is 4.79 Å². The molecule has 1 spiro atoms. The average molecular weight is 344 g/mol. The van der Waals surface area contributed by atoms with Crippen molar-refractivity contribution in [1.29, 1.82) is 0 Å². The SMILES string of the molecule is O=C(N1CCCC1)N1CCOCC2(CCN(Cc3cccnc3)C2)C1. The molecule has 1 aromatic rings. The van der Waals surface area contributed by atoms with Crippen LogP contribution >= 0.6 is 0 Å². The highest BCUT2D eigenvalue weighted by molar-refractivity contribution is 5.74. The van der Waals surface area contributed by atoms with Gasteiger partial charge in [-0.05, 0) is 37.4 Å². The van der Waals surface area contributed by atoms with Gasteiger partial charge >= 0.3 is 6.03 Å². The number of ether oxygens (including phenoxy) is 1. The lowest BCUT2D eigenvalue weighted by molar-refractivity contribution is 0.0710. The third-order valence-corrected chi connectivity index (χ3v) is 5.73. The van der Waals surface area contributed by atoms with E-state index in [1.54, 1.807) is 0 Å². The molecule has 4 rings (SSSR count). The minimum absolute atomic E-state index is 0.0775. The second-order valence-electron chi connectivity index (χ2n) is 7.77. The maximum atomic E-state index is 12.8. The first-order valence-electron chi connectivity index (χ1n) is 9.47. The minimum atomic E-state index is 0.0775. The zero-order valence-corrected chi connectivity index (χ0v) is 14.9. The maximum absolute atomic E-state index is 12.8. The second-order valence-corrected chi connectivity index (χ2v) is 7.77. The zero-order chi connectivity index (χ0) is 17.1. The van der Waals surface area contributed by atoms with Crippen LogP contribution in [0, 0.1) is 5.41 Å². The zero-order valence-electron chi connectivity index (χ0n) is 14.9. The first-order chi connectivity index (χ1) is 12.2. The summed E-state index contributed by atoms with van der Waals surface area (Å²) in [5.74, 6) is 0. The molecule has 0 aromatic carbocycles. The van der Waals surface area contributed by atoms with E-state index in [1.165, 1.54) is 5.56 Å². The summed E-state index contributed by atoms with van der Waals surface area (Å²) in [7, 11) is 0. The lowest BCUT2D eigenvalue weighted by Gasteiger charge is -2.34. The van der Waals surface area contributed by atoms with E-state index in [1.807, 2.05) is 28.3 Å². The average Bonchev–Trinajstić information content (AvgIpc) is 3.24. The topological polar surface area (TPSA) is 48.9 Å². The first kappa shape index (κ1) is 16.8. The Kier molecular flexibility index (Phi) is 4.90. The fourth-order valence-corrected chi connectivity index (χ4v) is 4.42. The number of hydrogen-bond acceptors (Lipinski definition) is 4. The Morgan fingerprint density at radius 2 is 2.04 bits per heavy atom. The normalized spacial score (nSPS) is 27.8. The van der Waals surface area contributed by atoms with Crippen molar-refractivity contribution in [3.63, 3.8) is 0 Å². The molecule has 1 unspecified atom stereocenters. The molecule has 3 fully saturated rings. The molecule has 0 N–H and O–H groups in total. The lowest BCUT2D eigenvalue weighted by Crippen LogP contribution is -2.48. The molecule has 0 bridgehead atoms. The van der Waals surface area contributed by atoms with Crippen molar-refractivity contribution in [2.24, 2.45) is 5.41 Å². The van der Waals surface area contributed by atoms with Gasteiger partial charge in [-0.1, -0.05) is 6.07 Å². The van der Waals surface area contributed by atoms with Crippen LogP contribution in [-0.2, 0) is 11.3 Å². The number of hydrogen-bond donors (Lipinski definition) is 0. The molecule has 0 saturated carbocycles. The molecule has 2 amide bonds. The number of aromatic nitrogens is 1. The van der Waals surface area contributed by atoms with Gasteiger partial charge in [0, 0.05) is 57.1 Å². The molecule has 3 aliphatic rings. The molecule has 25 heavy (non-hydrogen) atoms. The number of urea groups is 1. The molecule has 136 valence electrons. The Morgan fingerprint density at radius 1 is 1.16 bits per heavy atom. The Labute approximate surface area is 149 Å². The van der Waals surface area contributed by atoms with Crippen LogP contribution in [0.2, 0.25) is 0 Å². The van der Waals surface area contributed by atoms with Gasteiger partial charge in [-0.2, -0.15) is 0 Å². The second kappa shape index (κ2) is 7.30. The van der Waals surface area contributed by atoms with Crippen LogP contribution in [0.4, 0.5) is 4.79 Å². The van der Waals surface area contributed by atoms with E-state index in [-0.39, 0.29) is 11.4 Å². The molecule has 6 heteroatoms. The highest BCUT2D eigenvalue weighted by atomic mass is 16.5. The van der Waals surface area contributed by atoms with E-state index in [2.05, 4.69) is 16.0 Å². The summed E-state index contributed by atoms with van der Waals surface area (Å²) in [6.45, 7) is 7.77. The largest absolute Gasteiger partial charge is 0.379 e. The van der Waals surface area contributed by atoms with Gasteiger partial charge in [-0.15, -0.1) is 0 Å². The Bertz CT molecular complexity index is 590. The van der Waals surface area contributed by atoms with Gasteiger partial charge in [0.15, 0.2) is 0 Å². The fourth-order valence-electron chi connectivity index (χ4n) is 4.42. The van der Waals surface area contributed by atoms with E-state index in [0.29, 0.717) is 6.61 Å². The third-order valence-electron chi connectivity index (χ3n) is 5.73. The van der Waals surface area contributed by atoms with Crippen molar-refractivity contribution in [3.8, 4) is 0 Å². The van der Waals surface area contributed by atoms with Crippen molar-refractivity contribution >= 4 is 6.03 Å². The van der Waals surface area contributed by atoms with Crippen molar-refractivity contribution in [3.05, 3.63) is 30.1 Å². The maximum Gasteiger partial charge on any atom is 0.320 e. The van der Waals surface area contributed by atoms with Crippen LogP contribution in [0.3, 0.4) is 0 Å². The summed E-state index contributed by atoms with van der Waals surface area (Å²) in [6, 6.07) is 4.34. The van der Waals surface area contributed by atoms with Gasteiger partial charge in [0.25, 0.3) is 0 Å². The standard InChI is InChI=1S/C19H28N4O2/c24-18(22-7-1-2-8-22)23-10-11-25-16-19(15-23)5-9-21(14-19)13-17-4-3-6-20-12-17/h3-4,6,12H,1-2,5,7-11,13-16H2. The van der Waals surface area contributed by atoms with E-state index >= 15 is 0 Å². The monoisotopic (exact) mass is 344 g/mol. The molecule has 0 radical (unpaired) electrons. The lowest BCUT2D eigenvalue weighted by atomic mass is 9.87. The molecule has 3 aliphatic heterocycles. The number of amides is 2. The predicted octanol–water partition coefficient (Wildman–Crippen LogP) is 1.82. The van der Waals surface area contributed by atoms with Gasteiger partial charge < -0.3 is 14.5 Å². The van der Waals surface area contributed by atoms with Crippen LogP contribution in [0.15, 0.2) is 24.5 Å². The highest BCUT2D eigenvalue weighted by Gasteiger charge is 2.42. The number of pyridine rings is 1. The number of carbonyl (C=O) groups excluding carboxylic acids is 1. The Balaban J connectivity index is 1.41. The van der Waals surface area contributed by atoms with Gasteiger partial charge in [-0.3, -0.25) is 9.88 Å². The molecule has 0 aliphatic carbocycles. The van der Waals surface area contributed by atoms with Crippen LogP contribution in [-0.4, -0.2) is 78.2 Å². The number of carbonyl (C=O) groups is 1. The molecule has 4 heterocycles. The first-order valence-corrected chi connectivity index (χ1v) is 9.47. The fraction of sp³-hybridized carbons (Fsp3) is 0.684. The predicted molar refractivity (Wildman–Crippen MR) is 95.2 cm³/mol. The van der Waals surface area contributed by atoms with Crippen molar-refractivity contribution in [2.45, 2.75) is 25.8 Å². The molecule has 3 saturated heterocycles. The van der Waals surface area contributed by atoms with E-state index in [0.717, 1.165) is 71.7 Å². The molecule has 1 atom stereocenters. The number of nitrogens with zero attached hydrogens (tertiary/aromatic N) is 4. The molecule has 6 nitrogen and oxygen atoms in total. The molecular formula is C19H28N4O2. The summed E-state index contributed by atoms with van der Waals surface area (Å²) in [5.41, 5.74) is 1.33. The summed E-state index contributed by atoms with van der Waals surface area (Å²) in [4.78, 5) is 23.6. The smallest absolute Gasteiger partial charge is 0.320 e. The van der Waals surface area contributed by atoms with Crippen molar-refractivity contribution < 1.29 is 9.53 Å². The Morgan fingerprint density at radius 3 is 2.84 bits per heavy atom. The highest BCUT2D eigenvalue weighted by Crippen LogP contribution is 2.34. The van der Waals surface area contributed by atoms with Crippen LogP contribution in [0.5, 0.6) is 0 Å². The van der Waals surface area contributed by atoms with Gasteiger partial charge in [0.1, 0.15) is 0 Å². The van der Waals surface area contributed by atoms with Crippen LogP contribution in [0.25, 0.3) is 0 Å². The third kappa shape index (κ3) is 3.80. The van der Waals surface area contributed by atoms with Crippen LogP contribution in [0.1, 0.15) is 24.8 Å². The Hall–Kier alpha value is -1.66. The van der Waals surface area contributed by atoms with E-state index in [9.17, 15) is 4.79 Å². The molecule has 1 aromatic heterocycles. The summed E-state index contributed by atoms with van der Waals surface area (Å²) in [5, 5.41) is 0. The van der Waals surface area contributed by atoms with E-state index < -0.39 is 0 Å².